The summed E-state index contributed by atoms with van der Waals surface area (Å²) in [6, 6.07) is 25.9. The molecule has 1 aliphatic heterocycles. The number of hydrogen-bond acceptors (Lipinski definition) is 6. The molecule has 0 bridgehead atoms. The van der Waals surface area contributed by atoms with Crippen LogP contribution in [0.5, 0.6) is 0 Å². The van der Waals surface area contributed by atoms with E-state index in [0.717, 1.165) is 39.5 Å². The van der Waals surface area contributed by atoms with E-state index in [4.69, 9.17) is 13.6 Å². The van der Waals surface area contributed by atoms with Crippen LogP contribution in [0.2, 0.25) is 36.3 Å². The van der Waals surface area contributed by atoms with Gasteiger partial charge < -0.3 is 18.7 Å². The lowest BCUT2D eigenvalue weighted by molar-refractivity contribution is -0.133. The summed E-state index contributed by atoms with van der Waals surface area (Å²) in [5.74, 6) is -0.268. The number of nitrogens with zero attached hydrogens (tertiary/aromatic N) is 1. The van der Waals surface area contributed by atoms with E-state index in [-0.39, 0.29) is 61.9 Å². The minimum Gasteiger partial charge on any atom is -0.447 e. The number of ether oxygens (including phenoxy) is 1. The van der Waals surface area contributed by atoms with Crippen LogP contribution >= 0.6 is 31.9 Å². The summed E-state index contributed by atoms with van der Waals surface area (Å²) in [6.07, 6.45) is 2.98. The first kappa shape index (κ1) is 52.9. The number of hydrogen-bond donors (Lipinski definition) is 1. The number of carbonyl (C=O) groups excluding carboxylic acids is 2. The second-order valence-corrected chi connectivity index (χ2v) is 29.3. The minimum absolute atomic E-state index is 0. The Balaban J connectivity index is 0.000000612. The largest absolute Gasteiger partial charge is 0.447 e. The van der Waals surface area contributed by atoms with Crippen LogP contribution in [0, 0.1) is 11.8 Å². The molecule has 1 saturated heterocycles. The molecule has 0 aliphatic carbocycles. The minimum atomic E-state index is -1.94. The van der Waals surface area contributed by atoms with Crippen molar-refractivity contribution in [1.82, 2.24) is 4.90 Å². The highest BCUT2D eigenvalue weighted by molar-refractivity contribution is 9.10. The number of carbonyl (C=O) groups is 2. The van der Waals surface area contributed by atoms with E-state index >= 15 is 0 Å². The smallest absolute Gasteiger partial charge is 0.416 e. The molecule has 1 heterocycles. The zero-order valence-electron chi connectivity index (χ0n) is 34.8. The highest BCUT2D eigenvalue weighted by Crippen LogP contribution is 2.38. The zero-order valence-corrected chi connectivity index (χ0v) is 40.0. The number of aliphatic hydroxyl groups excluding tert-OH is 1. The topological polar surface area (TPSA) is 85.3 Å². The molecule has 3 aromatic rings. The number of halogens is 2. The quantitative estimate of drug-likeness (QED) is 0.144. The molecule has 57 heavy (non-hydrogen) atoms. The van der Waals surface area contributed by atoms with E-state index in [9.17, 15) is 14.7 Å². The lowest BCUT2D eigenvalue weighted by Crippen LogP contribution is -2.45. The van der Waals surface area contributed by atoms with Crippen molar-refractivity contribution in [2.45, 2.75) is 131 Å². The van der Waals surface area contributed by atoms with Crippen molar-refractivity contribution in [2.24, 2.45) is 11.8 Å². The van der Waals surface area contributed by atoms with Crippen molar-refractivity contribution in [3.63, 3.8) is 0 Å². The van der Waals surface area contributed by atoms with Crippen molar-refractivity contribution >= 4 is 60.5 Å². The lowest BCUT2D eigenvalue weighted by Gasteiger charge is -2.36. The second-order valence-electron chi connectivity index (χ2n) is 17.8. The van der Waals surface area contributed by atoms with Gasteiger partial charge in [0.15, 0.2) is 16.6 Å². The third kappa shape index (κ3) is 16.8. The van der Waals surface area contributed by atoms with Gasteiger partial charge in [-0.1, -0.05) is 143 Å². The molecule has 0 unspecified atom stereocenters. The molecule has 1 N–H and O–H groups in total. The van der Waals surface area contributed by atoms with Crippen molar-refractivity contribution in [1.29, 1.82) is 0 Å². The molecule has 0 radical (unpaired) electrons. The molecular formula is C46H73Br2NO6Si2. The molecule has 0 aromatic heterocycles. The third-order valence-corrected chi connectivity index (χ3v) is 21.6. The summed E-state index contributed by atoms with van der Waals surface area (Å²) in [6.45, 7) is 24.0. The first-order valence-corrected chi connectivity index (χ1v) is 26.9. The number of rotatable bonds is 16. The summed E-state index contributed by atoms with van der Waals surface area (Å²) in [5.41, 5.74) is 3.40. The van der Waals surface area contributed by atoms with Gasteiger partial charge in [-0.15, -0.1) is 0 Å². The molecule has 1 aliphatic rings. The predicted molar refractivity (Wildman–Crippen MR) is 251 cm³/mol. The Labute approximate surface area is 365 Å². The fourth-order valence-electron chi connectivity index (χ4n) is 5.76. The standard InChI is InChI=1S/C27H36BrNO4Si.C17H29BrO2Si.2CH4/c1-27(2,3)34(4,5)33-16-15-22(17-21-11-13-23(28)14-12-21)25(30)29-24(19-32-26(29)31)18-20-9-7-6-8-10-20;1-17(2,3)21(4,5)20-11-10-15(13-19)12-14-6-8-16(18)9-7-14;;/h6-14,22,24H,15-19H2,1-5H3;6-9,15,19H,10-13H2,1-5H3;2*1H4/t22-,24+;15-;;/m11../s1. The molecule has 4 rings (SSSR count). The number of imide groups is 1. The van der Waals surface area contributed by atoms with E-state index < -0.39 is 22.7 Å². The summed E-state index contributed by atoms with van der Waals surface area (Å²) in [5, 5.41) is 9.92. The zero-order chi connectivity index (χ0) is 41.0. The molecule has 3 aromatic carbocycles. The molecular weight excluding hydrogens is 878 g/mol. The number of benzene rings is 3. The van der Waals surface area contributed by atoms with Gasteiger partial charge >= 0.3 is 6.09 Å². The first-order valence-electron chi connectivity index (χ1n) is 19.5. The van der Waals surface area contributed by atoms with E-state index in [2.05, 4.69) is 124 Å². The molecule has 0 spiro atoms. The van der Waals surface area contributed by atoms with Crippen LogP contribution in [0.3, 0.4) is 0 Å². The highest BCUT2D eigenvalue weighted by atomic mass is 79.9. The van der Waals surface area contributed by atoms with Crippen LogP contribution in [0.1, 0.15) is 85.9 Å². The Hall–Kier alpha value is -2.13. The Morgan fingerprint density at radius 3 is 1.67 bits per heavy atom. The maximum absolute atomic E-state index is 13.8. The fraction of sp³-hybridized carbons (Fsp3) is 0.565. The maximum atomic E-state index is 13.8. The Kier molecular flexibility index (Phi) is 21.9. The average Bonchev–Trinajstić information content (AvgIpc) is 3.47. The van der Waals surface area contributed by atoms with Crippen molar-refractivity contribution < 1.29 is 28.3 Å². The van der Waals surface area contributed by atoms with Crippen LogP contribution < -0.4 is 0 Å². The van der Waals surface area contributed by atoms with E-state index in [1.807, 2.05) is 54.6 Å². The van der Waals surface area contributed by atoms with Gasteiger partial charge in [0.1, 0.15) is 6.61 Å². The van der Waals surface area contributed by atoms with Gasteiger partial charge in [0.05, 0.1) is 6.04 Å². The molecule has 11 heteroatoms. The molecule has 1 fully saturated rings. The van der Waals surface area contributed by atoms with Crippen molar-refractivity contribution in [3.8, 4) is 0 Å². The molecule has 320 valence electrons. The molecule has 3 atom stereocenters. The SMILES string of the molecule is C.C.CC(C)(C)[Si](C)(C)OCC[C@@H](CO)Cc1ccc(Br)cc1.CC(C)(C)[Si](C)(C)OCC[C@H](Cc1ccc(Br)cc1)C(=O)N1C(=O)OC[C@@H]1Cc1ccccc1. The first-order chi connectivity index (χ1) is 25.6. The average molecular weight is 952 g/mol. The summed E-state index contributed by atoms with van der Waals surface area (Å²) in [7, 11) is -3.61. The molecule has 2 amide bonds. The monoisotopic (exact) mass is 949 g/mol. The van der Waals surface area contributed by atoms with Gasteiger partial charge in [0.2, 0.25) is 5.91 Å². The van der Waals surface area contributed by atoms with Crippen LogP contribution in [-0.2, 0) is 37.6 Å². The van der Waals surface area contributed by atoms with Crippen molar-refractivity contribution in [3.05, 3.63) is 104 Å². The number of cyclic esters (lactones) is 1. The van der Waals surface area contributed by atoms with Gasteiger partial charge in [0.25, 0.3) is 0 Å². The van der Waals surface area contributed by atoms with Crippen LogP contribution in [0.4, 0.5) is 4.79 Å². The Morgan fingerprint density at radius 1 is 0.754 bits per heavy atom. The van der Waals surface area contributed by atoms with E-state index in [1.165, 1.54) is 10.5 Å². The van der Waals surface area contributed by atoms with E-state index in [1.54, 1.807) is 0 Å². The highest BCUT2D eigenvalue weighted by Gasteiger charge is 2.42. The summed E-state index contributed by atoms with van der Waals surface area (Å²) < 4.78 is 20.0. The Bertz CT molecular complexity index is 1620. The lowest BCUT2D eigenvalue weighted by atomic mass is 9.94. The predicted octanol–water partition coefficient (Wildman–Crippen LogP) is 12.9. The summed E-state index contributed by atoms with van der Waals surface area (Å²) in [4.78, 5) is 27.7. The van der Waals surface area contributed by atoms with Gasteiger partial charge in [-0.2, -0.15) is 0 Å². The second kappa shape index (κ2) is 23.6. The van der Waals surface area contributed by atoms with Gasteiger partial charge in [-0.3, -0.25) is 4.79 Å². The normalized spacial score (nSPS) is 15.7. The molecule has 0 saturated carbocycles. The third-order valence-electron chi connectivity index (χ3n) is 11.5. The van der Waals surface area contributed by atoms with Crippen LogP contribution in [0.15, 0.2) is 87.8 Å². The van der Waals surface area contributed by atoms with E-state index in [0.29, 0.717) is 25.9 Å². The van der Waals surface area contributed by atoms with Crippen LogP contribution in [0.25, 0.3) is 0 Å². The van der Waals surface area contributed by atoms with Crippen molar-refractivity contribution in [2.75, 3.05) is 26.4 Å². The number of amides is 2. The van der Waals surface area contributed by atoms with Gasteiger partial charge in [-0.25, -0.2) is 9.69 Å². The summed E-state index contributed by atoms with van der Waals surface area (Å²) >= 11 is 6.92. The van der Waals surface area contributed by atoms with Gasteiger partial charge in [-0.05, 0) is 115 Å². The number of aliphatic hydroxyl groups is 1. The fourth-order valence-corrected chi connectivity index (χ4v) is 8.41. The van der Waals surface area contributed by atoms with Gasteiger partial charge in [0, 0.05) is 34.7 Å². The van der Waals surface area contributed by atoms with Crippen LogP contribution in [-0.4, -0.2) is 71.1 Å². The maximum Gasteiger partial charge on any atom is 0.416 e. The Morgan fingerprint density at radius 2 is 1.21 bits per heavy atom. The molecule has 7 nitrogen and oxygen atoms in total.